The number of phenols is 2. The first-order valence-corrected chi connectivity index (χ1v) is 14.0. The van der Waals surface area contributed by atoms with E-state index in [9.17, 15) is 10.2 Å². The number of aromatic hydroxyl groups is 2. The van der Waals surface area contributed by atoms with E-state index < -0.39 is 5.79 Å². The Balaban J connectivity index is 1.72. The number of hydrogen-bond acceptors (Lipinski definition) is 8. The van der Waals surface area contributed by atoms with Crippen LogP contribution in [-0.4, -0.2) is 58.7 Å². The second kappa shape index (κ2) is 10.6. The van der Waals surface area contributed by atoms with Crippen LogP contribution in [0, 0.1) is 0 Å². The lowest BCUT2D eigenvalue weighted by Crippen LogP contribution is -2.33. The molecule has 3 aromatic carbocycles. The van der Waals surface area contributed by atoms with Crippen LogP contribution in [0.5, 0.6) is 34.5 Å². The number of benzene rings is 3. The molecule has 3 aliphatic carbocycles. The number of allylic oxidation sites excluding steroid dienone is 2. The highest BCUT2D eigenvalue weighted by molar-refractivity contribution is 6.00. The third-order valence-electron chi connectivity index (χ3n) is 8.91. The quantitative estimate of drug-likeness (QED) is 0.323. The van der Waals surface area contributed by atoms with Gasteiger partial charge in [-0.05, 0) is 65.2 Å². The van der Waals surface area contributed by atoms with Crippen LogP contribution in [0.3, 0.4) is 0 Å². The zero-order valence-corrected chi connectivity index (χ0v) is 24.8. The smallest absolute Gasteiger partial charge is 0.204 e. The number of fused-ring (bicyclic) bond motifs is 6. The van der Waals surface area contributed by atoms with Gasteiger partial charge in [-0.1, -0.05) is 30.3 Å². The molecule has 0 saturated heterocycles. The van der Waals surface area contributed by atoms with E-state index >= 15 is 0 Å². The summed E-state index contributed by atoms with van der Waals surface area (Å²) in [5.41, 5.74) is 8.65. The molecule has 220 valence electrons. The minimum Gasteiger partial charge on any atom is -0.504 e. The number of rotatable bonds is 7. The molecule has 0 bridgehead atoms. The maximum absolute atomic E-state index is 11.9. The highest BCUT2D eigenvalue weighted by Gasteiger charge is 2.40. The van der Waals surface area contributed by atoms with Gasteiger partial charge in [-0.2, -0.15) is 0 Å². The maximum Gasteiger partial charge on any atom is 0.204 e. The minimum absolute atomic E-state index is 0.0889. The molecule has 8 heteroatoms. The fraction of sp³-hybridized carbons (Fsp3) is 0.353. The summed E-state index contributed by atoms with van der Waals surface area (Å²) >= 11 is 0. The van der Waals surface area contributed by atoms with Crippen molar-refractivity contribution in [3.05, 3.63) is 64.2 Å². The number of ether oxygens (including phenoxy) is 6. The summed E-state index contributed by atoms with van der Waals surface area (Å²) in [4.78, 5) is 0. The van der Waals surface area contributed by atoms with Gasteiger partial charge in [0.05, 0.1) is 28.4 Å². The maximum atomic E-state index is 11.9. The average molecular weight is 573 g/mol. The summed E-state index contributed by atoms with van der Waals surface area (Å²) in [5.74, 6) is 0.281. The van der Waals surface area contributed by atoms with Gasteiger partial charge in [0.1, 0.15) is 0 Å². The molecule has 0 amide bonds. The molecule has 42 heavy (non-hydrogen) atoms. The fourth-order valence-corrected chi connectivity index (χ4v) is 6.97. The summed E-state index contributed by atoms with van der Waals surface area (Å²) in [7, 11) is 9.43. The predicted molar refractivity (Wildman–Crippen MR) is 160 cm³/mol. The summed E-state index contributed by atoms with van der Waals surface area (Å²) in [5, 5.41) is 23.8. The summed E-state index contributed by atoms with van der Waals surface area (Å²) < 4.78 is 34.8. The van der Waals surface area contributed by atoms with Gasteiger partial charge in [0.25, 0.3) is 0 Å². The topological polar surface area (TPSA) is 95.8 Å². The van der Waals surface area contributed by atoms with Gasteiger partial charge in [0.15, 0.2) is 28.8 Å². The van der Waals surface area contributed by atoms with E-state index in [1.165, 1.54) is 19.8 Å². The highest BCUT2D eigenvalue weighted by atomic mass is 16.7. The van der Waals surface area contributed by atoms with Crippen molar-refractivity contribution < 1.29 is 38.6 Å². The number of aryl methyl sites for hydroxylation is 1. The molecule has 0 aliphatic heterocycles. The third kappa shape index (κ3) is 3.89. The Labute approximate surface area is 245 Å². The first-order valence-electron chi connectivity index (χ1n) is 14.0. The van der Waals surface area contributed by atoms with Crippen molar-refractivity contribution in [2.75, 3.05) is 42.7 Å². The first kappa shape index (κ1) is 28.0. The molecule has 3 aromatic rings. The molecule has 2 N–H and O–H groups in total. The van der Waals surface area contributed by atoms with Crippen LogP contribution in [0.1, 0.15) is 35.1 Å². The van der Waals surface area contributed by atoms with E-state index in [-0.39, 0.29) is 23.0 Å². The lowest BCUT2D eigenvalue weighted by atomic mass is 9.74. The van der Waals surface area contributed by atoms with Crippen LogP contribution in [0.25, 0.3) is 27.8 Å². The van der Waals surface area contributed by atoms with Crippen molar-refractivity contribution >= 4 is 5.57 Å². The highest BCUT2D eigenvalue weighted by Crippen LogP contribution is 2.61. The lowest BCUT2D eigenvalue weighted by Gasteiger charge is -2.36. The molecule has 0 unspecified atom stereocenters. The molecule has 0 aromatic heterocycles. The van der Waals surface area contributed by atoms with E-state index in [0.29, 0.717) is 48.3 Å². The lowest BCUT2D eigenvalue weighted by molar-refractivity contribution is -0.168. The Bertz CT molecular complexity index is 1640. The van der Waals surface area contributed by atoms with Crippen molar-refractivity contribution in [1.29, 1.82) is 0 Å². The zero-order valence-electron chi connectivity index (χ0n) is 24.8. The van der Waals surface area contributed by atoms with Gasteiger partial charge >= 0.3 is 0 Å². The SMILES string of the molecule is COc1c(O)c(-c2c(O)c(OC)c(OC)c3c2CCc2ccccc2-3)c2c(c1OC)C1=CCC(OC)(OC)C=C1CC2. The van der Waals surface area contributed by atoms with E-state index in [0.717, 1.165) is 45.4 Å². The Morgan fingerprint density at radius 2 is 1.17 bits per heavy atom. The monoisotopic (exact) mass is 572 g/mol. The van der Waals surface area contributed by atoms with Crippen molar-refractivity contribution in [3.63, 3.8) is 0 Å². The normalized spacial score (nSPS) is 16.2. The van der Waals surface area contributed by atoms with Gasteiger partial charge in [0.2, 0.25) is 11.5 Å². The van der Waals surface area contributed by atoms with E-state index in [2.05, 4.69) is 18.2 Å². The molecule has 0 radical (unpaired) electrons. The summed E-state index contributed by atoms with van der Waals surface area (Å²) in [6.07, 6.45) is 7.26. The average Bonchev–Trinajstić information content (AvgIpc) is 3.03. The predicted octanol–water partition coefficient (Wildman–Crippen LogP) is 6.21. The van der Waals surface area contributed by atoms with Crippen LogP contribution in [0.2, 0.25) is 0 Å². The van der Waals surface area contributed by atoms with Gasteiger partial charge in [-0.3, -0.25) is 0 Å². The van der Waals surface area contributed by atoms with Crippen LogP contribution < -0.4 is 18.9 Å². The zero-order chi connectivity index (χ0) is 29.8. The molecule has 0 heterocycles. The second-order valence-electron chi connectivity index (χ2n) is 10.7. The fourth-order valence-electron chi connectivity index (χ4n) is 6.97. The largest absolute Gasteiger partial charge is 0.504 e. The Kier molecular flexibility index (Phi) is 7.07. The molecular weight excluding hydrogens is 536 g/mol. The Hall–Kier alpha value is -4.14. The molecule has 0 fully saturated rings. The van der Waals surface area contributed by atoms with E-state index in [1.54, 1.807) is 28.4 Å². The summed E-state index contributed by atoms with van der Waals surface area (Å²) in [6, 6.07) is 8.18. The Morgan fingerprint density at radius 3 is 1.76 bits per heavy atom. The van der Waals surface area contributed by atoms with E-state index in [1.807, 2.05) is 18.2 Å². The molecular formula is C34H36O8. The number of hydrogen-bond donors (Lipinski definition) is 2. The van der Waals surface area contributed by atoms with Crippen molar-refractivity contribution in [2.24, 2.45) is 0 Å². The van der Waals surface area contributed by atoms with E-state index in [4.69, 9.17) is 28.4 Å². The van der Waals surface area contributed by atoms with Crippen molar-refractivity contribution in [1.82, 2.24) is 0 Å². The van der Waals surface area contributed by atoms with Crippen molar-refractivity contribution in [2.45, 2.75) is 37.9 Å². The van der Waals surface area contributed by atoms with Crippen LogP contribution in [0.4, 0.5) is 0 Å². The molecule has 8 nitrogen and oxygen atoms in total. The van der Waals surface area contributed by atoms with Crippen LogP contribution >= 0.6 is 0 Å². The molecule has 0 saturated carbocycles. The molecule has 3 aliphatic rings. The second-order valence-corrected chi connectivity index (χ2v) is 10.7. The number of methoxy groups -OCH3 is 6. The standard InChI is InChI=1S/C34H36O8/c1-37-30-24-20-10-8-7-9-18(20)11-13-22(24)26(28(35)32(30)39-3)27-23-14-12-19-17-34(41-5,42-6)16-15-21(19)25(23)31(38-2)33(40-4)29(27)36/h7-10,15,17,35-36H,11-14,16H2,1-6H3. The van der Waals surface area contributed by atoms with Gasteiger partial charge < -0.3 is 38.6 Å². The van der Waals surface area contributed by atoms with Gasteiger partial charge in [-0.15, -0.1) is 0 Å². The van der Waals surface area contributed by atoms with Crippen LogP contribution in [-0.2, 0) is 28.7 Å². The summed E-state index contributed by atoms with van der Waals surface area (Å²) in [6.45, 7) is 0. The molecule has 6 rings (SSSR count). The first-order chi connectivity index (χ1) is 20.4. The Morgan fingerprint density at radius 1 is 0.619 bits per heavy atom. The van der Waals surface area contributed by atoms with Crippen molar-refractivity contribution in [3.8, 4) is 56.8 Å². The minimum atomic E-state index is -0.846. The molecule has 0 atom stereocenters. The molecule has 0 spiro atoms. The number of phenolic OH excluding ortho intramolecular Hbond substituents is 2. The van der Waals surface area contributed by atoms with Crippen LogP contribution in [0.15, 0.2) is 42.0 Å². The van der Waals surface area contributed by atoms with Gasteiger partial charge in [-0.25, -0.2) is 0 Å². The van der Waals surface area contributed by atoms with Gasteiger partial charge in [0, 0.05) is 42.9 Å². The third-order valence-corrected chi connectivity index (χ3v) is 8.91.